The highest BCUT2D eigenvalue weighted by atomic mass is 79.9. The summed E-state index contributed by atoms with van der Waals surface area (Å²) in [6.45, 7) is 2.76. The van der Waals surface area contributed by atoms with Crippen molar-refractivity contribution in [3.63, 3.8) is 0 Å². The maximum absolute atomic E-state index is 12.9. The Morgan fingerprint density at radius 1 is 1.33 bits per heavy atom. The number of rotatable bonds is 4. The third kappa shape index (κ3) is 3.86. The Balaban J connectivity index is 1.73. The first-order valence-electron chi connectivity index (χ1n) is 8.36. The van der Waals surface area contributed by atoms with E-state index in [9.17, 15) is 22.8 Å². The highest BCUT2D eigenvalue weighted by Crippen LogP contribution is 2.30. The Bertz CT molecular complexity index is 934. The van der Waals surface area contributed by atoms with Gasteiger partial charge in [-0.05, 0) is 38.0 Å². The summed E-state index contributed by atoms with van der Waals surface area (Å²) in [5, 5.41) is 5.29. The second-order valence-electron chi connectivity index (χ2n) is 7.41. The number of hydrogen-bond acceptors (Lipinski definition) is 5. The van der Waals surface area contributed by atoms with Gasteiger partial charge in [-0.3, -0.25) is 14.5 Å². The van der Waals surface area contributed by atoms with Crippen LogP contribution in [0.5, 0.6) is 0 Å². The standard InChI is InChI=1S/C17H20BrN3O5S/c1-16(6-7-27(25,26)10-16)19-13(22)9-21-14(23)17(2,20-15(21)24)11-4-3-5-12(18)8-11/h3-5,8H,6-7,9-10H2,1-2H3,(H,19,22)(H,20,24). The SMILES string of the molecule is CC1(NC(=O)CN2C(=O)NC(C)(c3cccc(Br)c3)C2=O)CCS(=O)(=O)C1. The number of amides is 4. The molecule has 0 saturated carbocycles. The smallest absolute Gasteiger partial charge is 0.325 e. The van der Waals surface area contributed by atoms with Gasteiger partial charge in [-0.1, -0.05) is 28.1 Å². The lowest BCUT2D eigenvalue weighted by Crippen LogP contribution is -2.51. The first-order chi connectivity index (χ1) is 12.4. The third-order valence-electron chi connectivity index (χ3n) is 4.92. The molecule has 8 nitrogen and oxygen atoms in total. The van der Waals surface area contributed by atoms with Crippen molar-refractivity contribution in [2.24, 2.45) is 0 Å². The van der Waals surface area contributed by atoms with Crippen LogP contribution in [-0.4, -0.2) is 54.8 Å². The van der Waals surface area contributed by atoms with Gasteiger partial charge in [0.2, 0.25) is 5.91 Å². The fourth-order valence-electron chi connectivity index (χ4n) is 3.46. The highest BCUT2D eigenvalue weighted by molar-refractivity contribution is 9.10. The quantitative estimate of drug-likeness (QED) is 0.652. The van der Waals surface area contributed by atoms with Gasteiger partial charge in [0.05, 0.1) is 17.0 Å². The summed E-state index contributed by atoms with van der Waals surface area (Å²) in [4.78, 5) is 38.4. The number of nitrogens with zero attached hydrogens (tertiary/aromatic N) is 1. The van der Waals surface area contributed by atoms with Gasteiger partial charge < -0.3 is 10.6 Å². The van der Waals surface area contributed by atoms with E-state index >= 15 is 0 Å². The van der Waals surface area contributed by atoms with Gasteiger partial charge in [0.15, 0.2) is 9.84 Å². The van der Waals surface area contributed by atoms with Crippen LogP contribution >= 0.6 is 15.9 Å². The minimum atomic E-state index is -3.19. The van der Waals surface area contributed by atoms with Crippen molar-refractivity contribution in [2.75, 3.05) is 18.1 Å². The Hall–Kier alpha value is -1.94. The summed E-state index contributed by atoms with van der Waals surface area (Å²) in [5.41, 5.74) is -1.57. The van der Waals surface area contributed by atoms with Crippen molar-refractivity contribution in [3.05, 3.63) is 34.3 Å². The van der Waals surface area contributed by atoms with Gasteiger partial charge in [-0.15, -0.1) is 0 Å². The van der Waals surface area contributed by atoms with Gasteiger partial charge in [-0.2, -0.15) is 0 Å². The molecule has 2 N–H and O–H groups in total. The molecule has 146 valence electrons. The van der Waals surface area contributed by atoms with Crippen molar-refractivity contribution in [1.82, 2.24) is 15.5 Å². The molecule has 0 aliphatic carbocycles. The lowest BCUT2D eigenvalue weighted by Gasteiger charge is -2.25. The van der Waals surface area contributed by atoms with Crippen LogP contribution in [0.3, 0.4) is 0 Å². The molecule has 0 aromatic heterocycles. The summed E-state index contributed by atoms with van der Waals surface area (Å²) in [6, 6.07) is 6.33. The number of imide groups is 1. The van der Waals surface area contributed by atoms with Gasteiger partial charge in [0.1, 0.15) is 12.1 Å². The Morgan fingerprint density at radius 3 is 2.63 bits per heavy atom. The van der Waals surface area contributed by atoms with E-state index < -0.39 is 45.3 Å². The van der Waals surface area contributed by atoms with Gasteiger partial charge >= 0.3 is 6.03 Å². The van der Waals surface area contributed by atoms with E-state index in [0.717, 1.165) is 9.37 Å². The number of hydrogen-bond donors (Lipinski definition) is 2. The largest absolute Gasteiger partial charge is 0.348 e. The average Bonchev–Trinajstić information content (AvgIpc) is 2.95. The van der Waals surface area contributed by atoms with Crippen molar-refractivity contribution in [3.8, 4) is 0 Å². The van der Waals surface area contributed by atoms with E-state index in [1.165, 1.54) is 0 Å². The zero-order valence-corrected chi connectivity index (χ0v) is 17.3. The predicted molar refractivity (Wildman–Crippen MR) is 102 cm³/mol. The molecule has 2 aliphatic rings. The van der Waals surface area contributed by atoms with Crippen LogP contribution in [0.1, 0.15) is 25.8 Å². The van der Waals surface area contributed by atoms with Crippen molar-refractivity contribution < 1.29 is 22.8 Å². The molecule has 2 unspecified atom stereocenters. The molecule has 27 heavy (non-hydrogen) atoms. The molecule has 0 radical (unpaired) electrons. The number of carbonyl (C=O) groups excluding carboxylic acids is 3. The maximum Gasteiger partial charge on any atom is 0.325 e. The molecular weight excluding hydrogens is 438 g/mol. The second kappa shape index (κ2) is 6.59. The zero-order chi connectivity index (χ0) is 20.0. The number of benzene rings is 1. The van der Waals surface area contributed by atoms with E-state index in [0.29, 0.717) is 12.0 Å². The van der Waals surface area contributed by atoms with Crippen LogP contribution in [-0.2, 0) is 25.0 Å². The summed E-state index contributed by atoms with van der Waals surface area (Å²) in [7, 11) is -3.19. The third-order valence-corrected chi connectivity index (χ3v) is 7.32. The van der Waals surface area contributed by atoms with Crippen LogP contribution in [0, 0.1) is 0 Å². The summed E-state index contributed by atoms with van der Waals surface area (Å²) in [5.74, 6) is -1.25. The molecule has 2 saturated heterocycles. The fraction of sp³-hybridized carbons (Fsp3) is 0.471. The summed E-state index contributed by atoms with van der Waals surface area (Å²) in [6.07, 6.45) is 0.303. The number of sulfone groups is 1. The molecule has 0 bridgehead atoms. The van der Waals surface area contributed by atoms with E-state index in [2.05, 4.69) is 26.6 Å². The van der Waals surface area contributed by atoms with Crippen LogP contribution in [0.25, 0.3) is 0 Å². The van der Waals surface area contributed by atoms with Crippen LogP contribution in [0.2, 0.25) is 0 Å². The van der Waals surface area contributed by atoms with Crippen LogP contribution in [0.15, 0.2) is 28.7 Å². The summed E-state index contributed by atoms with van der Waals surface area (Å²) >= 11 is 3.34. The van der Waals surface area contributed by atoms with Gasteiger partial charge in [-0.25, -0.2) is 13.2 Å². The van der Waals surface area contributed by atoms with Crippen molar-refractivity contribution in [1.29, 1.82) is 0 Å². The number of nitrogens with one attached hydrogen (secondary N) is 2. The van der Waals surface area contributed by atoms with Crippen molar-refractivity contribution in [2.45, 2.75) is 31.3 Å². The Labute approximate surface area is 165 Å². The minimum Gasteiger partial charge on any atom is -0.348 e. The molecule has 2 fully saturated rings. The number of urea groups is 1. The van der Waals surface area contributed by atoms with E-state index in [4.69, 9.17) is 0 Å². The van der Waals surface area contributed by atoms with Crippen LogP contribution < -0.4 is 10.6 Å². The molecule has 10 heteroatoms. The van der Waals surface area contributed by atoms with E-state index in [-0.39, 0.29) is 11.5 Å². The molecule has 2 heterocycles. The Kier molecular flexibility index (Phi) is 4.84. The molecule has 4 amide bonds. The predicted octanol–water partition coefficient (Wildman–Crippen LogP) is 0.909. The van der Waals surface area contributed by atoms with E-state index in [1.807, 2.05) is 0 Å². The molecule has 1 aromatic carbocycles. The lowest BCUT2D eigenvalue weighted by atomic mass is 9.92. The first-order valence-corrected chi connectivity index (χ1v) is 11.0. The normalized spacial score (nSPS) is 29.7. The lowest BCUT2D eigenvalue weighted by molar-refractivity contribution is -0.135. The zero-order valence-electron chi connectivity index (χ0n) is 14.9. The minimum absolute atomic E-state index is 0.00780. The van der Waals surface area contributed by atoms with Gasteiger partial charge in [0.25, 0.3) is 5.91 Å². The maximum atomic E-state index is 12.9. The first kappa shape index (κ1) is 19.8. The van der Waals surface area contributed by atoms with Gasteiger partial charge in [0, 0.05) is 4.47 Å². The molecule has 2 aliphatic heterocycles. The Morgan fingerprint density at radius 2 is 2.04 bits per heavy atom. The molecule has 2 atom stereocenters. The monoisotopic (exact) mass is 457 g/mol. The summed E-state index contributed by atoms with van der Waals surface area (Å²) < 4.78 is 24.1. The highest BCUT2D eigenvalue weighted by Gasteiger charge is 2.50. The molecule has 3 rings (SSSR count). The fourth-order valence-corrected chi connectivity index (χ4v) is 5.96. The topological polar surface area (TPSA) is 113 Å². The van der Waals surface area contributed by atoms with E-state index in [1.54, 1.807) is 38.1 Å². The average molecular weight is 458 g/mol. The second-order valence-corrected chi connectivity index (χ2v) is 10.5. The molecule has 1 aromatic rings. The number of carbonyl (C=O) groups is 3. The van der Waals surface area contributed by atoms with Crippen LogP contribution in [0.4, 0.5) is 4.79 Å². The molecular formula is C17H20BrN3O5S. The van der Waals surface area contributed by atoms with Crippen molar-refractivity contribution >= 4 is 43.6 Å². The molecule has 0 spiro atoms. The number of halogens is 1.